The third-order valence-corrected chi connectivity index (χ3v) is 3.37. The molecule has 110 valence electrons. The van der Waals surface area contributed by atoms with Crippen LogP contribution in [0.25, 0.3) is 0 Å². The zero-order valence-corrected chi connectivity index (χ0v) is 11.1. The molecule has 2 unspecified atom stereocenters. The van der Waals surface area contributed by atoms with E-state index in [1.807, 2.05) is 0 Å². The molecule has 6 heteroatoms. The van der Waals surface area contributed by atoms with Gasteiger partial charge in [-0.2, -0.15) is 0 Å². The predicted molar refractivity (Wildman–Crippen MR) is 72.9 cm³/mol. The lowest BCUT2D eigenvalue weighted by atomic mass is 9.77. The Morgan fingerprint density at radius 1 is 1.29 bits per heavy atom. The summed E-state index contributed by atoms with van der Waals surface area (Å²) >= 11 is 0. The summed E-state index contributed by atoms with van der Waals surface area (Å²) in [5, 5.41) is 11.8. The van der Waals surface area contributed by atoms with E-state index in [1.165, 1.54) is 18.2 Å². The molecule has 0 amide bonds. The molecular formula is C15H13F2NO3. The fourth-order valence-corrected chi connectivity index (χ4v) is 2.28. The average molecular weight is 293 g/mol. The Balaban J connectivity index is 2.54. The van der Waals surface area contributed by atoms with E-state index in [9.17, 15) is 23.5 Å². The number of carbonyl (C=O) groups is 2. The second-order valence-electron chi connectivity index (χ2n) is 4.73. The molecule has 1 aliphatic rings. The van der Waals surface area contributed by atoms with Gasteiger partial charge in [0.15, 0.2) is 5.78 Å². The van der Waals surface area contributed by atoms with Crippen LogP contribution in [0.4, 0.5) is 14.5 Å². The minimum Gasteiger partial charge on any atom is -0.481 e. The Bertz CT molecular complexity index is 654. The zero-order valence-electron chi connectivity index (χ0n) is 11.1. The number of allylic oxidation sites excluding steroid dienone is 2. The highest BCUT2D eigenvalue weighted by molar-refractivity contribution is 5.98. The number of anilines is 1. The van der Waals surface area contributed by atoms with Gasteiger partial charge >= 0.3 is 5.97 Å². The highest BCUT2D eigenvalue weighted by atomic mass is 19.1. The van der Waals surface area contributed by atoms with Crippen LogP contribution < -0.4 is 5.32 Å². The summed E-state index contributed by atoms with van der Waals surface area (Å²) in [4.78, 5) is 23.4. The third-order valence-electron chi connectivity index (χ3n) is 3.37. The molecule has 0 spiro atoms. The van der Waals surface area contributed by atoms with Crippen molar-refractivity contribution in [3.8, 4) is 0 Å². The Kier molecular flexibility index (Phi) is 3.88. The van der Waals surface area contributed by atoms with Gasteiger partial charge in [-0.3, -0.25) is 9.59 Å². The second-order valence-corrected chi connectivity index (χ2v) is 4.73. The third kappa shape index (κ3) is 2.69. The molecule has 21 heavy (non-hydrogen) atoms. The van der Waals surface area contributed by atoms with Gasteiger partial charge in [0.05, 0.1) is 5.69 Å². The molecule has 0 bridgehead atoms. The number of hydrogen-bond donors (Lipinski definition) is 2. The molecule has 0 aromatic heterocycles. The molecule has 2 N–H and O–H groups in total. The van der Waals surface area contributed by atoms with Crippen molar-refractivity contribution in [1.82, 2.24) is 0 Å². The summed E-state index contributed by atoms with van der Waals surface area (Å²) in [7, 11) is 0. The summed E-state index contributed by atoms with van der Waals surface area (Å²) in [5.41, 5.74) is -1.94. The summed E-state index contributed by atoms with van der Waals surface area (Å²) in [5.74, 6) is -4.70. The SMILES string of the molecule is CC(=O)C1(Nc2ccccc2F)C=C(F)C=CC1C(=O)O. The fraction of sp³-hybridized carbons (Fsp3) is 0.200. The smallest absolute Gasteiger partial charge is 0.313 e. The van der Waals surface area contributed by atoms with Crippen molar-refractivity contribution in [2.24, 2.45) is 5.92 Å². The number of hydrogen-bond acceptors (Lipinski definition) is 3. The normalized spacial score (nSPS) is 24.3. The lowest BCUT2D eigenvalue weighted by molar-refractivity contribution is -0.143. The Labute approximate surface area is 119 Å². The molecule has 0 aliphatic heterocycles. The maximum atomic E-state index is 13.7. The lowest BCUT2D eigenvalue weighted by Gasteiger charge is -2.36. The van der Waals surface area contributed by atoms with Gasteiger partial charge < -0.3 is 10.4 Å². The standard InChI is InChI=1S/C15H13F2NO3/c1-9(19)15(18-13-5-3-2-4-12(13)17)8-10(16)6-7-11(15)14(20)21/h2-8,11,18H,1H3,(H,20,21). The predicted octanol–water partition coefficient (Wildman–Crippen LogP) is 2.69. The number of Topliss-reactive ketones (excluding diaryl/α,β-unsaturated/α-hetero) is 1. The van der Waals surface area contributed by atoms with Gasteiger partial charge in [-0.25, -0.2) is 8.78 Å². The average Bonchev–Trinajstić information content (AvgIpc) is 2.41. The first-order chi connectivity index (χ1) is 9.86. The van der Waals surface area contributed by atoms with Gasteiger partial charge in [-0.15, -0.1) is 0 Å². The Hall–Kier alpha value is -2.50. The van der Waals surface area contributed by atoms with E-state index in [0.717, 1.165) is 31.2 Å². The maximum Gasteiger partial charge on any atom is 0.313 e. The van der Waals surface area contributed by atoms with Crippen LogP contribution in [0.5, 0.6) is 0 Å². The van der Waals surface area contributed by atoms with Crippen LogP contribution in [0.2, 0.25) is 0 Å². The number of benzene rings is 1. The first-order valence-corrected chi connectivity index (χ1v) is 6.20. The van der Waals surface area contributed by atoms with E-state index in [4.69, 9.17) is 0 Å². The molecule has 0 saturated carbocycles. The van der Waals surface area contributed by atoms with Crippen LogP contribution in [0, 0.1) is 11.7 Å². The van der Waals surface area contributed by atoms with Crippen molar-refractivity contribution in [2.45, 2.75) is 12.5 Å². The van der Waals surface area contributed by atoms with Gasteiger partial charge in [0.1, 0.15) is 23.1 Å². The molecule has 4 nitrogen and oxygen atoms in total. The molecule has 0 heterocycles. The Morgan fingerprint density at radius 3 is 2.52 bits per heavy atom. The largest absolute Gasteiger partial charge is 0.481 e. The molecule has 1 aromatic rings. The van der Waals surface area contributed by atoms with E-state index in [0.29, 0.717) is 0 Å². The van der Waals surface area contributed by atoms with Crippen LogP contribution in [-0.2, 0) is 9.59 Å². The maximum absolute atomic E-state index is 13.7. The quantitative estimate of drug-likeness (QED) is 0.895. The van der Waals surface area contributed by atoms with Gasteiger partial charge in [-0.1, -0.05) is 18.2 Å². The number of aliphatic carboxylic acids is 1. The van der Waals surface area contributed by atoms with E-state index in [2.05, 4.69) is 5.32 Å². The van der Waals surface area contributed by atoms with Crippen LogP contribution in [0.1, 0.15) is 6.92 Å². The summed E-state index contributed by atoms with van der Waals surface area (Å²) in [6.45, 7) is 1.13. The number of carboxylic acid groups (broad SMARTS) is 1. The molecule has 0 saturated heterocycles. The number of carbonyl (C=O) groups excluding carboxylic acids is 1. The van der Waals surface area contributed by atoms with E-state index in [1.54, 1.807) is 0 Å². The van der Waals surface area contributed by atoms with E-state index >= 15 is 0 Å². The van der Waals surface area contributed by atoms with Crippen molar-refractivity contribution in [3.05, 3.63) is 54.1 Å². The number of halogens is 2. The molecule has 0 fully saturated rings. The van der Waals surface area contributed by atoms with Gasteiger partial charge in [0.2, 0.25) is 0 Å². The minimum atomic E-state index is -1.87. The fourth-order valence-electron chi connectivity index (χ4n) is 2.28. The minimum absolute atomic E-state index is 0.0710. The van der Waals surface area contributed by atoms with Gasteiger partial charge in [0.25, 0.3) is 0 Å². The molecular weight excluding hydrogens is 280 g/mol. The molecule has 0 radical (unpaired) electrons. The first-order valence-electron chi connectivity index (χ1n) is 6.20. The summed E-state index contributed by atoms with van der Waals surface area (Å²) in [6, 6.07) is 5.48. The second kappa shape index (κ2) is 5.47. The molecule has 1 aromatic carbocycles. The van der Waals surface area contributed by atoms with Crippen LogP contribution in [0.3, 0.4) is 0 Å². The van der Waals surface area contributed by atoms with E-state index in [-0.39, 0.29) is 5.69 Å². The number of nitrogens with one attached hydrogen (secondary N) is 1. The van der Waals surface area contributed by atoms with E-state index < -0.39 is 34.9 Å². The number of ketones is 1. The molecule has 2 atom stereocenters. The summed E-state index contributed by atoms with van der Waals surface area (Å²) in [6.07, 6.45) is 2.93. The van der Waals surface area contributed by atoms with Crippen molar-refractivity contribution in [3.63, 3.8) is 0 Å². The van der Waals surface area contributed by atoms with Gasteiger partial charge in [0, 0.05) is 0 Å². The topological polar surface area (TPSA) is 66.4 Å². The Morgan fingerprint density at radius 2 is 1.95 bits per heavy atom. The highest BCUT2D eigenvalue weighted by Gasteiger charge is 2.46. The zero-order chi connectivity index (χ0) is 15.6. The van der Waals surface area contributed by atoms with Crippen LogP contribution >= 0.6 is 0 Å². The lowest BCUT2D eigenvalue weighted by Crippen LogP contribution is -2.53. The number of carboxylic acids is 1. The highest BCUT2D eigenvalue weighted by Crippen LogP contribution is 2.33. The number of rotatable bonds is 4. The number of para-hydroxylation sites is 1. The van der Waals surface area contributed by atoms with Crippen molar-refractivity contribution < 1.29 is 23.5 Å². The molecule has 2 rings (SSSR count). The first kappa shape index (κ1) is 14.9. The monoisotopic (exact) mass is 293 g/mol. The van der Waals surface area contributed by atoms with Crippen molar-refractivity contribution >= 4 is 17.4 Å². The summed E-state index contributed by atoms with van der Waals surface area (Å²) < 4.78 is 27.3. The van der Waals surface area contributed by atoms with Crippen LogP contribution in [-0.4, -0.2) is 22.4 Å². The van der Waals surface area contributed by atoms with Gasteiger partial charge in [-0.05, 0) is 31.2 Å². The molecule has 1 aliphatic carbocycles. The van der Waals surface area contributed by atoms with Crippen molar-refractivity contribution in [2.75, 3.05) is 5.32 Å². The van der Waals surface area contributed by atoms with Crippen LogP contribution in [0.15, 0.2) is 48.3 Å². The van der Waals surface area contributed by atoms with Crippen molar-refractivity contribution in [1.29, 1.82) is 0 Å².